The number of carbonyl (C=O) groups is 2. The van der Waals surface area contributed by atoms with Crippen LogP contribution in [0.15, 0.2) is 54.6 Å². The predicted octanol–water partition coefficient (Wildman–Crippen LogP) is 3.26. The molecule has 0 radical (unpaired) electrons. The van der Waals surface area contributed by atoms with Gasteiger partial charge in [0.15, 0.2) is 0 Å². The summed E-state index contributed by atoms with van der Waals surface area (Å²) < 4.78 is 10.1. The van der Waals surface area contributed by atoms with Crippen molar-refractivity contribution >= 4 is 11.9 Å². The summed E-state index contributed by atoms with van der Waals surface area (Å²) in [5.74, 6) is -1.08. The van der Waals surface area contributed by atoms with E-state index in [0.717, 1.165) is 5.56 Å². The molecule has 0 aliphatic heterocycles. The molecule has 0 aliphatic carbocycles. The molecular weight excluding hydrogens is 280 g/mol. The van der Waals surface area contributed by atoms with Crippen LogP contribution in [-0.2, 0) is 15.9 Å². The van der Waals surface area contributed by atoms with Crippen molar-refractivity contribution in [2.24, 2.45) is 0 Å². The van der Waals surface area contributed by atoms with Gasteiger partial charge in [0.2, 0.25) is 0 Å². The van der Waals surface area contributed by atoms with E-state index < -0.39 is 11.9 Å². The third kappa shape index (κ3) is 3.95. The maximum Gasteiger partial charge on any atom is 0.339 e. The number of methoxy groups -OCH3 is 1. The fourth-order valence-corrected chi connectivity index (χ4v) is 2.18. The molecule has 2 aromatic carbocycles. The molecule has 0 fully saturated rings. The van der Waals surface area contributed by atoms with E-state index in [0.29, 0.717) is 6.42 Å². The minimum Gasteiger partial charge on any atom is -0.465 e. The highest BCUT2D eigenvalue weighted by Crippen LogP contribution is 2.14. The minimum absolute atomic E-state index is 0.210. The van der Waals surface area contributed by atoms with E-state index in [9.17, 15) is 9.59 Å². The SMILES string of the molecule is COC(=O)c1ccccc1C(=O)OC(C)Cc1ccccc1. The van der Waals surface area contributed by atoms with Gasteiger partial charge in [-0.15, -0.1) is 0 Å². The van der Waals surface area contributed by atoms with Crippen LogP contribution in [-0.4, -0.2) is 25.2 Å². The Kier molecular flexibility index (Phi) is 5.31. The van der Waals surface area contributed by atoms with E-state index >= 15 is 0 Å². The van der Waals surface area contributed by atoms with Gasteiger partial charge in [0.25, 0.3) is 0 Å². The van der Waals surface area contributed by atoms with Crippen molar-refractivity contribution in [3.8, 4) is 0 Å². The van der Waals surface area contributed by atoms with E-state index in [1.54, 1.807) is 24.3 Å². The topological polar surface area (TPSA) is 52.6 Å². The van der Waals surface area contributed by atoms with Gasteiger partial charge in [-0.2, -0.15) is 0 Å². The minimum atomic E-state index is -0.553. The normalized spacial score (nSPS) is 11.5. The van der Waals surface area contributed by atoms with Crippen LogP contribution in [0.5, 0.6) is 0 Å². The molecule has 4 nitrogen and oxygen atoms in total. The summed E-state index contributed by atoms with van der Waals surface area (Å²) in [5, 5.41) is 0. The van der Waals surface area contributed by atoms with Gasteiger partial charge in [0.1, 0.15) is 6.10 Å². The van der Waals surface area contributed by atoms with Crippen molar-refractivity contribution in [2.45, 2.75) is 19.4 Å². The van der Waals surface area contributed by atoms with E-state index in [1.807, 2.05) is 37.3 Å². The Labute approximate surface area is 129 Å². The van der Waals surface area contributed by atoms with Crippen LogP contribution in [0, 0.1) is 0 Å². The second-order valence-electron chi connectivity index (χ2n) is 4.94. The lowest BCUT2D eigenvalue weighted by Crippen LogP contribution is -2.19. The molecule has 114 valence electrons. The maximum absolute atomic E-state index is 12.3. The molecule has 1 atom stereocenters. The number of rotatable bonds is 5. The third-order valence-electron chi connectivity index (χ3n) is 3.23. The van der Waals surface area contributed by atoms with Gasteiger partial charge in [-0.05, 0) is 24.6 Å². The first-order valence-electron chi connectivity index (χ1n) is 7.04. The van der Waals surface area contributed by atoms with E-state index in [2.05, 4.69) is 4.74 Å². The van der Waals surface area contributed by atoms with Gasteiger partial charge >= 0.3 is 11.9 Å². The lowest BCUT2D eigenvalue weighted by Gasteiger charge is -2.14. The maximum atomic E-state index is 12.3. The van der Waals surface area contributed by atoms with Crippen molar-refractivity contribution in [3.63, 3.8) is 0 Å². The molecule has 0 bridgehead atoms. The molecule has 0 saturated carbocycles. The number of ether oxygens (including phenoxy) is 2. The van der Waals surface area contributed by atoms with Crippen LogP contribution in [0.3, 0.4) is 0 Å². The molecule has 22 heavy (non-hydrogen) atoms. The van der Waals surface area contributed by atoms with Crippen LogP contribution in [0.4, 0.5) is 0 Å². The molecule has 2 aromatic rings. The quantitative estimate of drug-likeness (QED) is 0.795. The number of benzene rings is 2. The Morgan fingerprint density at radius 1 is 0.909 bits per heavy atom. The van der Waals surface area contributed by atoms with Gasteiger partial charge in [-0.1, -0.05) is 42.5 Å². The highest BCUT2D eigenvalue weighted by molar-refractivity contribution is 6.03. The first kappa shape index (κ1) is 15.8. The summed E-state index contributed by atoms with van der Waals surface area (Å²) >= 11 is 0. The smallest absolute Gasteiger partial charge is 0.339 e. The third-order valence-corrected chi connectivity index (χ3v) is 3.23. The van der Waals surface area contributed by atoms with Crippen LogP contribution in [0.25, 0.3) is 0 Å². The summed E-state index contributed by atoms with van der Waals surface area (Å²) in [6, 6.07) is 16.2. The average molecular weight is 298 g/mol. The van der Waals surface area contributed by atoms with Crippen LogP contribution in [0.1, 0.15) is 33.2 Å². The van der Waals surface area contributed by atoms with Crippen LogP contribution < -0.4 is 0 Å². The van der Waals surface area contributed by atoms with Crippen molar-refractivity contribution in [1.29, 1.82) is 0 Å². The Bertz CT molecular complexity index is 649. The summed E-state index contributed by atoms with van der Waals surface area (Å²) in [6.45, 7) is 1.83. The van der Waals surface area contributed by atoms with Crippen LogP contribution in [0.2, 0.25) is 0 Å². The van der Waals surface area contributed by atoms with Gasteiger partial charge in [-0.3, -0.25) is 0 Å². The molecule has 0 spiro atoms. The molecule has 2 rings (SSSR count). The highest BCUT2D eigenvalue weighted by atomic mass is 16.5. The lowest BCUT2D eigenvalue weighted by atomic mass is 10.1. The number of esters is 2. The Hall–Kier alpha value is -2.62. The highest BCUT2D eigenvalue weighted by Gasteiger charge is 2.20. The van der Waals surface area contributed by atoms with Crippen molar-refractivity contribution in [2.75, 3.05) is 7.11 Å². The van der Waals surface area contributed by atoms with Crippen molar-refractivity contribution in [3.05, 3.63) is 71.3 Å². The lowest BCUT2D eigenvalue weighted by molar-refractivity contribution is 0.0334. The number of hydrogen-bond donors (Lipinski definition) is 0. The summed E-state index contributed by atoms with van der Waals surface area (Å²) in [5.41, 5.74) is 1.51. The first-order valence-corrected chi connectivity index (χ1v) is 7.04. The zero-order chi connectivity index (χ0) is 15.9. The summed E-state index contributed by atoms with van der Waals surface area (Å²) in [6.07, 6.45) is 0.327. The second kappa shape index (κ2) is 7.41. The fourth-order valence-electron chi connectivity index (χ4n) is 2.18. The Morgan fingerprint density at radius 3 is 2.05 bits per heavy atom. The summed E-state index contributed by atoms with van der Waals surface area (Å²) in [4.78, 5) is 23.9. The second-order valence-corrected chi connectivity index (χ2v) is 4.94. The molecule has 1 unspecified atom stereocenters. The number of carbonyl (C=O) groups excluding carboxylic acids is 2. The molecule has 0 N–H and O–H groups in total. The molecular formula is C18H18O4. The average Bonchev–Trinajstić information content (AvgIpc) is 2.54. The summed E-state index contributed by atoms with van der Waals surface area (Å²) in [7, 11) is 1.28. The van der Waals surface area contributed by atoms with Gasteiger partial charge in [0, 0.05) is 6.42 Å². The Balaban J connectivity index is 2.08. The zero-order valence-corrected chi connectivity index (χ0v) is 12.6. The first-order chi connectivity index (χ1) is 10.6. The van der Waals surface area contributed by atoms with Crippen molar-refractivity contribution in [1.82, 2.24) is 0 Å². The van der Waals surface area contributed by atoms with Crippen molar-refractivity contribution < 1.29 is 19.1 Å². The van der Waals surface area contributed by atoms with E-state index in [4.69, 9.17) is 4.74 Å². The predicted molar refractivity (Wildman–Crippen MR) is 82.8 cm³/mol. The largest absolute Gasteiger partial charge is 0.465 e. The molecule has 0 heterocycles. The Morgan fingerprint density at radius 2 is 1.45 bits per heavy atom. The molecule has 4 heteroatoms. The van der Waals surface area contributed by atoms with Crippen LogP contribution >= 0.6 is 0 Å². The monoisotopic (exact) mass is 298 g/mol. The van der Waals surface area contributed by atoms with Gasteiger partial charge in [-0.25, -0.2) is 9.59 Å². The zero-order valence-electron chi connectivity index (χ0n) is 12.6. The molecule has 0 aromatic heterocycles. The van der Waals surface area contributed by atoms with Gasteiger partial charge < -0.3 is 9.47 Å². The molecule has 0 aliphatic rings. The van der Waals surface area contributed by atoms with E-state index in [-0.39, 0.29) is 17.2 Å². The van der Waals surface area contributed by atoms with E-state index in [1.165, 1.54) is 7.11 Å². The molecule has 0 amide bonds. The van der Waals surface area contributed by atoms with Gasteiger partial charge in [0.05, 0.1) is 18.2 Å². The fraction of sp³-hybridized carbons (Fsp3) is 0.222. The molecule has 0 saturated heterocycles. The number of hydrogen-bond acceptors (Lipinski definition) is 4. The standard InChI is InChI=1S/C18H18O4/c1-13(12-14-8-4-3-5-9-14)22-18(20)16-11-7-6-10-15(16)17(19)21-2/h3-11,13H,12H2,1-2H3.